The van der Waals surface area contributed by atoms with Gasteiger partial charge >= 0.3 is 0 Å². The topological polar surface area (TPSA) is 92.3 Å². The zero-order valence-corrected chi connectivity index (χ0v) is 37.1. The molecule has 0 aromatic heterocycles. The predicted octanol–water partition coefficient (Wildman–Crippen LogP) is 9.63. The molecule has 0 radical (unpaired) electrons. The summed E-state index contributed by atoms with van der Waals surface area (Å²) < 4.78 is 67.4. The van der Waals surface area contributed by atoms with Crippen molar-refractivity contribution in [3.8, 4) is 0 Å². The van der Waals surface area contributed by atoms with Gasteiger partial charge in [-0.15, -0.1) is 0 Å². The van der Waals surface area contributed by atoms with Gasteiger partial charge in [0, 0.05) is 7.11 Å². The lowest BCUT2D eigenvalue weighted by Gasteiger charge is -2.47. The molecule has 0 N–H and O–H groups in total. The van der Waals surface area contributed by atoms with Crippen LogP contribution in [0.25, 0.3) is 0 Å². The van der Waals surface area contributed by atoms with E-state index in [9.17, 15) is 0 Å². The lowest BCUT2D eigenvalue weighted by Crippen LogP contribution is -2.63. The Bertz CT molecular complexity index is 2200. The summed E-state index contributed by atoms with van der Waals surface area (Å²) in [6.45, 7) is 3.97. The normalized spacial score (nSPS) is 25.6. The van der Waals surface area contributed by atoms with Crippen LogP contribution in [0.15, 0.2) is 182 Å². The van der Waals surface area contributed by atoms with Crippen molar-refractivity contribution in [2.75, 3.05) is 13.7 Å². The fraction of sp³-hybridized carbons (Fsp3) is 0.345. The van der Waals surface area contributed by atoms with Gasteiger partial charge in [-0.05, 0) is 40.3 Å². The lowest BCUT2D eigenvalue weighted by atomic mass is 9.97. The Kier molecular flexibility index (Phi) is 17.5. The quantitative estimate of drug-likeness (QED) is 0.0657. The zero-order chi connectivity index (χ0) is 44.5. The van der Waals surface area contributed by atoms with Crippen molar-refractivity contribution < 1.29 is 47.4 Å². The average molecular weight is 881 g/mol. The monoisotopic (exact) mass is 880 g/mol. The molecule has 10 heteroatoms. The minimum Gasteiger partial charge on any atom is -0.368 e. The van der Waals surface area contributed by atoms with Crippen molar-refractivity contribution in [1.82, 2.24) is 0 Å². The molecule has 2 aliphatic heterocycles. The van der Waals surface area contributed by atoms with E-state index in [0.717, 1.165) is 33.4 Å². The summed E-state index contributed by atoms with van der Waals surface area (Å²) >= 11 is 0. The van der Waals surface area contributed by atoms with Crippen molar-refractivity contribution >= 4 is 0 Å². The first kappa shape index (κ1) is 46.4. The van der Waals surface area contributed by atoms with Gasteiger partial charge in [0.1, 0.15) is 42.7 Å². The second-order valence-corrected chi connectivity index (χ2v) is 16.4. The Balaban J connectivity index is 1.09. The van der Waals surface area contributed by atoms with Crippen molar-refractivity contribution in [2.45, 2.75) is 108 Å². The molecule has 10 atom stereocenters. The third kappa shape index (κ3) is 13.3. The molecule has 0 spiro atoms. The first-order valence-electron chi connectivity index (χ1n) is 22.5. The predicted molar refractivity (Wildman–Crippen MR) is 246 cm³/mol. The summed E-state index contributed by atoms with van der Waals surface area (Å²) in [5.41, 5.74) is 6.09. The number of hydrogen-bond donors (Lipinski definition) is 0. The largest absolute Gasteiger partial charge is 0.368 e. The van der Waals surface area contributed by atoms with Crippen LogP contribution < -0.4 is 0 Å². The van der Waals surface area contributed by atoms with Crippen molar-refractivity contribution in [3.63, 3.8) is 0 Å². The van der Waals surface area contributed by atoms with Gasteiger partial charge in [-0.3, -0.25) is 0 Å². The number of rotatable bonds is 22. The summed E-state index contributed by atoms with van der Waals surface area (Å²) in [6.07, 6.45) is -6.59. The molecule has 2 saturated heterocycles. The molecular formula is C55H60O10. The van der Waals surface area contributed by atoms with Gasteiger partial charge < -0.3 is 47.4 Å². The highest BCUT2D eigenvalue weighted by Gasteiger charge is 2.51. The molecule has 340 valence electrons. The molecule has 10 nitrogen and oxygen atoms in total. The van der Waals surface area contributed by atoms with Crippen LogP contribution in [0.2, 0.25) is 0 Å². The molecule has 6 aromatic carbocycles. The van der Waals surface area contributed by atoms with E-state index in [-0.39, 0.29) is 6.61 Å². The fourth-order valence-electron chi connectivity index (χ4n) is 8.26. The van der Waals surface area contributed by atoms with Crippen molar-refractivity contribution in [1.29, 1.82) is 0 Å². The van der Waals surface area contributed by atoms with Crippen molar-refractivity contribution in [2.24, 2.45) is 0 Å². The van der Waals surface area contributed by atoms with E-state index < -0.39 is 61.4 Å². The van der Waals surface area contributed by atoms with E-state index in [1.165, 1.54) is 0 Å². The molecule has 0 unspecified atom stereocenters. The Labute approximate surface area is 383 Å². The molecule has 8 rings (SSSR count). The number of hydrogen-bond acceptors (Lipinski definition) is 10. The third-order valence-corrected chi connectivity index (χ3v) is 11.7. The molecular weight excluding hydrogens is 821 g/mol. The van der Waals surface area contributed by atoms with Gasteiger partial charge in [-0.2, -0.15) is 0 Å². The molecule has 0 bridgehead atoms. The average Bonchev–Trinajstić information content (AvgIpc) is 3.36. The van der Waals surface area contributed by atoms with Crippen LogP contribution in [-0.2, 0) is 87.0 Å². The molecule has 0 amide bonds. The third-order valence-electron chi connectivity index (χ3n) is 11.7. The Hall–Kier alpha value is -5.08. The minimum atomic E-state index is -0.888. The molecule has 2 heterocycles. The zero-order valence-electron chi connectivity index (χ0n) is 37.1. The van der Waals surface area contributed by atoms with Gasteiger partial charge in [0.05, 0.1) is 52.4 Å². The van der Waals surface area contributed by atoms with Crippen LogP contribution in [0.4, 0.5) is 0 Å². The van der Waals surface area contributed by atoms with Crippen LogP contribution in [0.5, 0.6) is 0 Å². The van der Waals surface area contributed by atoms with Gasteiger partial charge in [0.2, 0.25) is 0 Å². The molecule has 65 heavy (non-hydrogen) atoms. The van der Waals surface area contributed by atoms with E-state index in [4.69, 9.17) is 47.4 Å². The van der Waals surface area contributed by atoms with E-state index in [1.807, 2.05) is 189 Å². The second-order valence-electron chi connectivity index (χ2n) is 16.4. The number of benzene rings is 6. The Morgan fingerprint density at radius 1 is 0.323 bits per heavy atom. The van der Waals surface area contributed by atoms with E-state index in [0.29, 0.717) is 39.6 Å². The molecule has 2 aliphatic rings. The standard InChI is InChI=1S/C55H60O10/c1-40-48(57-33-41-21-9-3-10-22-41)50(59-35-43-25-13-5-14-26-43)53(62-38-46-31-19-8-20-32-46)55(64-40)63-39-47-49(58-34-42-23-11-4-12-24-42)51(60-36-44-27-15-6-16-28-44)52(54(56-2)65-47)61-37-45-29-17-7-18-30-45/h3-32,40,47-55H,33-39H2,1-2H3/t40-,47-,48+,49-,50+,51+,52-,53-,54-,55+/m1/s1. The minimum absolute atomic E-state index is 0.0411. The summed E-state index contributed by atoms with van der Waals surface area (Å²) in [5, 5.41) is 0. The molecule has 0 saturated carbocycles. The highest BCUT2D eigenvalue weighted by molar-refractivity contribution is 5.18. The number of methoxy groups -OCH3 is 1. The van der Waals surface area contributed by atoms with Crippen LogP contribution in [0.3, 0.4) is 0 Å². The lowest BCUT2D eigenvalue weighted by molar-refractivity contribution is -0.347. The van der Waals surface area contributed by atoms with Crippen LogP contribution in [-0.4, -0.2) is 75.1 Å². The summed E-state index contributed by atoms with van der Waals surface area (Å²) in [6, 6.07) is 60.4. The van der Waals surface area contributed by atoms with Gasteiger partial charge in [0.15, 0.2) is 12.6 Å². The summed E-state index contributed by atoms with van der Waals surface area (Å²) in [4.78, 5) is 0. The van der Waals surface area contributed by atoms with E-state index >= 15 is 0 Å². The van der Waals surface area contributed by atoms with Gasteiger partial charge in [-0.25, -0.2) is 0 Å². The maximum absolute atomic E-state index is 6.90. The second kappa shape index (κ2) is 24.4. The molecule has 6 aromatic rings. The van der Waals surface area contributed by atoms with Crippen LogP contribution in [0.1, 0.15) is 40.3 Å². The number of ether oxygens (including phenoxy) is 10. The van der Waals surface area contributed by atoms with Gasteiger partial charge in [0.25, 0.3) is 0 Å². The Morgan fingerprint density at radius 2 is 0.615 bits per heavy atom. The van der Waals surface area contributed by atoms with Crippen LogP contribution >= 0.6 is 0 Å². The SMILES string of the molecule is CO[C@@H]1O[C@H](CO[C@H]2O[C@H](C)[C@H](OCc3ccccc3)[C@H](OCc3ccccc3)[C@H]2OCc2ccccc2)[C@@H](OCc2ccccc2)[C@H](OCc2ccccc2)[C@H]1OCc1ccccc1. The fourth-order valence-corrected chi connectivity index (χ4v) is 8.26. The maximum Gasteiger partial charge on any atom is 0.186 e. The first-order valence-corrected chi connectivity index (χ1v) is 22.5. The molecule has 0 aliphatic carbocycles. The first-order chi connectivity index (χ1) is 32.1. The van der Waals surface area contributed by atoms with E-state index in [2.05, 4.69) is 0 Å². The maximum atomic E-state index is 6.90. The molecule has 2 fully saturated rings. The van der Waals surface area contributed by atoms with Gasteiger partial charge in [-0.1, -0.05) is 182 Å². The smallest absolute Gasteiger partial charge is 0.186 e. The van der Waals surface area contributed by atoms with Crippen molar-refractivity contribution in [3.05, 3.63) is 215 Å². The van der Waals surface area contributed by atoms with E-state index in [1.54, 1.807) is 7.11 Å². The Morgan fingerprint density at radius 3 is 0.969 bits per heavy atom. The highest BCUT2D eigenvalue weighted by Crippen LogP contribution is 2.34. The summed E-state index contributed by atoms with van der Waals surface area (Å²) in [5.74, 6) is 0. The summed E-state index contributed by atoms with van der Waals surface area (Å²) in [7, 11) is 1.62. The highest BCUT2D eigenvalue weighted by atomic mass is 16.7. The van der Waals surface area contributed by atoms with Crippen LogP contribution in [0, 0.1) is 0 Å².